The van der Waals surface area contributed by atoms with Crippen LogP contribution in [0.15, 0.2) is 9.85 Å². The zero-order chi connectivity index (χ0) is 13.9. The Morgan fingerprint density at radius 2 is 1.28 bits per heavy atom. The molecule has 108 valence electrons. The summed E-state index contributed by atoms with van der Waals surface area (Å²) in [4.78, 5) is 0. The fraction of sp³-hybridized carbons (Fsp3) is 0.875. The molecular weight excluding hydrogens is 327 g/mol. The van der Waals surface area contributed by atoms with Gasteiger partial charge < -0.3 is 0 Å². The Kier molecular flexibility index (Phi) is 11.4. The molecule has 18 heavy (non-hydrogen) atoms. The Morgan fingerprint density at radius 1 is 0.889 bits per heavy atom. The molecule has 0 spiro atoms. The van der Waals surface area contributed by atoms with E-state index < -0.39 is 18.4 Å². The molecule has 0 unspecified atom stereocenters. The molecule has 0 N–H and O–H groups in total. The van der Waals surface area contributed by atoms with Crippen molar-refractivity contribution in [3.63, 3.8) is 0 Å². The van der Waals surface area contributed by atoms with Gasteiger partial charge in [-0.1, -0.05) is 0 Å². The molecule has 0 aromatic carbocycles. The van der Waals surface area contributed by atoms with Crippen molar-refractivity contribution >= 4 is 18.4 Å². The van der Waals surface area contributed by atoms with E-state index in [1.54, 1.807) is 0 Å². The second-order valence-electron chi connectivity index (χ2n) is 5.45. The Bertz CT molecular complexity index is 201. The maximum absolute atomic E-state index is 5.81. The standard InChI is InChI=1S/C4H7O.3C4H9.Sn/c1-3-4-5-2;3*1-3-4-2;/h3H,1-2H3;3*1,3-4H2,2H3;. The molecular formula is C16H34OSn. The monoisotopic (exact) mass is 362 g/mol. The first-order chi connectivity index (χ1) is 8.70. The van der Waals surface area contributed by atoms with Crippen molar-refractivity contribution in [1.29, 1.82) is 0 Å². The summed E-state index contributed by atoms with van der Waals surface area (Å²) in [6, 6.07) is 0. The van der Waals surface area contributed by atoms with Crippen molar-refractivity contribution < 1.29 is 4.74 Å². The summed E-state index contributed by atoms with van der Waals surface area (Å²) in [5.41, 5.74) is 0. The number of unbranched alkanes of at least 4 members (excludes halogenated alkanes) is 3. The van der Waals surface area contributed by atoms with Crippen LogP contribution in [0.25, 0.3) is 0 Å². The molecule has 0 saturated carbocycles. The van der Waals surface area contributed by atoms with Crippen LogP contribution in [0.1, 0.15) is 66.2 Å². The van der Waals surface area contributed by atoms with Crippen LogP contribution in [0, 0.1) is 0 Å². The maximum atomic E-state index is 5.81. The normalized spacial score (nSPS) is 12.8. The van der Waals surface area contributed by atoms with Crippen LogP contribution >= 0.6 is 0 Å². The molecule has 0 fully saturated rings. The van der Waals surface area contributed by atoms with Gasteiger partial charge >= 0.3 is 120 Å². The van der Waals surface area contributed by atoms with Crippen LogP contribution < -0.4 is 0 Å². The quantitative estimate of drug-likeness (QED) is 0.328. The van der Waals surface area contributed by atoms with Gasteiger partial charge in [0.25, 0.3) is 0 Å². The zero-order valence-corrected chi connectivity index (χ0v) is 16.2. The van der Waals surface area contributed by atoms with Gasteiger partial charge in [-0.3, -0.25) is 0 Å². The summed E-state index contributed by atoms with van der Waals surface area (Å²) < 4.78 is 11.8. The molecule has 0 aromatic rings. The van der Waals surface area contributed by atoms with E-state index in [4.69, 9.17) is 4.74 Å². The first-order valence-corrected chi connectivity index (χ1v) is 15.4. The molecule has 0 heterocycles. The van der Waals surface area contributed by atoms with E-state index in [0.717, 1.165) is 0 Å². The molecule has 0 radical (unpaired) electrons. The van der Waals surface area contributed by atoms with E-state index in [2.05, 4.69) is 33.8 Å². The average Bonchev–Trinajstić information content (AvgIpc) is 2.41. The molecule has 0 amide bonds. The Balaban J connectivity index is 4.96. The fourth-order valence-electron chi connectivity index (χ4n) is 2.93. The van der Waals surface area contributed by atoms with Gasteiger partial charge in [-0.15, -0.1) is 0 Å². The van der Waals surface area contributed by atoms with Crippen LogP contribution in [-0.2, 0) is 4.74 Å². The average molecular weight is 361 g/mol. The molecule has 0 bridgehead atoms. The van der Waals surface area contributed by atoms with Gasteiger partial charge in [0.2, 0.25) is 0 Å². The molecule has 2 heteroatoms. The number of hydrogen-bond acceptors (Lipinski definition) is 1. The Hall–Kier alpha value is 0.339. The van der Waals surface area contributed by atoms with Gasteiger partial charge in [0.15, 0.2) is 0 Å². The minimum atomic E-state index is -2.20. The first-order valence-electron chi connectivity index (χ1n) is 7.91. The summed E-state index contributed by atoms with van der Waals surface area (Å²) in [5, 5.41) is 0. The van der Waals surface area contributed by atoms with Gasteiger partial charge in [0.1, 0.15) is 0 Å². The molecule has 0 aliphatic heterocycles. The molecule has 0 aliphatic rings. The summed E-state index contributed by atoms with van der Waals surface area (Å²) in [7, 11) is 1.89. The van der Waals surface area contributed by atoms with Gasteiger partial charge in [0.05, 0.1) is 0 Å². The van der Waals surface area contributed by atoms with E-state index in [0.29, 0.717) is 0 Å². The van der Waals surface area contributed by atoms with Crippen molar-refractivity contribution in [1.82, 2.24) is 0 Å². The molecule has 0 aromatic heterocycles. The summed E-state index contributed by atoms with van der Waals surface area (Å²) >= 11 is -2.20. The second-order valence-corrected chi connectivity index (χ2v) is 18.4. The SMILES string of the molecule is C/C=[C](\OC)[Sn]([CH2]CCC)([CH2]CCC)[CH2]CCC. The number of allylic oxidation sites excluding steroid dienone is 1. The minimum absolute atomic E-state index is 1.33. The van der Waals surface area contributed by atoms with Crippen LogP contribution in [0.5, 0.6) is 0 Å². The Morgan fingerprint density at radius 3 is 1.50 bits per heavy atom. The second kappa shape index (κ2) is 11.2. The van der Waals surface area contributed by atoms with Crippen molar-refractivity contribution in [3.05, 3.63) is 9.85 Å². The molecule has 0 saturated heterocycles. The van der Waals surface area contributed by atoms with E-state index in [-0.39, 0.29) is 0 Å². The van der Waals surface area contributed by atoms with Crippen LogP contribution in [-0.4, -0.2) is 25.5 Å². The third-order valence-corrected chi connectivity index (χ3v) is 19.6. The predicted molar refractivity (Wildman–Crippen MR) is 85.7 cm³/mol. The topological polar surface area (TPSA) is 9.23 Å². The third-order valence-electron chi connectivity index (χ3n) is 4.03. The Labute approximate surface area is 119 Å². The van der Waals surface area contributed by atoms with E-state index in [1.165, 1.54) is 55.6 Å². The number of rotatable bonds is 11. The zero-order valence-electron chi connectivity index (χ0n) is 13.3. The summed E-state index contributed by atoms with van der Waals surface area (Å²) in [5.74, 6) is 0. The molecule has 0 rings (SSSR count). The number of hydrogen-bond donors (Lipinski definition) is 0. The first kappa shape index (κ1) is 18.3. The predicted octanol–water partition coefficient (Wildman–Crippen LogP) is 5.92. The molecule has 0 aliphatic carbocycles. The van der Waals surface area contributed by atoms with E-state index in [1.807, 2.05) is 7.11 Å². The van der Waals surface area contributed by atoms with Gasteiger partial charge in [-0.2, -0.15) is 0 Å². The van der Waals surface area contributed by atoms with Gasteiger partial charge in [-0.25, -0.2) is 0 Å². The summed E-state index contributed by atoms with van der Waals surface area (Å²) in [6.45, 7) is 9.13. The summed E-state index contributed by atoms with van der Waals surface area (Å²) in [6.07, 6.45) is 10.5. The van der Waals surface area contributed by atoms with Crippen molar-refractivity contribution in [2.45, 2.75) is 79.5 Å². The fourth-order valence-corrected chi connectivity index (χ4v) is 19.0. The third kappa shape index (κ3) is 5.99. The number of ether oxygens (including phenoxy) is 1. The van der Waals surface area contributed by atoms with Crippen molar-refractivity contribution in [2.75, 3.05) is 7.11 Å². The van der Waals surface area contributed by atoms with E-state index in [9.17, 15) is 0 Å². The van der Waals surface area contributed by atoms with Crippen molar-refractivity contribution in [2.24, 2.45) is 0 Å². The van der Waals surface area contributed by atoms with Crippen LogP contribution in [0.2, 0.25) is 13.3 Å². The van der Waals surface area contributed by atoms with Gasteiger partial charge in [0, 0.05) is 0 Å². The van der Waals surface area contributed by atoms with E-state index >= 15 is 0 Å². The van der Waals surface area contributed by atoms with Crippen molar-refractivity contribution in [3.8, 4) is 0 Å². The molecule has 1 nitrogen and oxygen atoms in total. The van der Waals surface area contributed by atoms with Crippen LogP contribution in [0.3, 0.4) is 0 Å². The van der Waals surface area contributed by atoms with Gasteiger partial charge in [-0.05, 0) is 0 Å². The number of methoxy groups -OCH3 is 1. The van der Waals surface area contributed by atoms with Crippen LogP contribution in [0.4, 0.5) is 0 Å². The molecule has 0 atom stereocenters.